The summed E-state index contributed by atoms with van der Waals surface area (Å²) in [5.74, 6) is 0.522. The van der Waals surface area contributed by atoms with Crippen LogP contribution in [0.3, 0.4) is 0 Å². The number of rotatable bonds is 2. The van der Waals surface area contributed by atoms with Crippen molar-refractivity contribution >= 4 is 34.8 Å². The summed E-state index contributed by atoms with van der Waals surface area (Å²) in [5.41, 5.74) is 1.29. The lowest BCUT2D eigenvalue weighted by atomic mass is 9.92. The number of nitrogens with one attached hydrogen (secondary N) is 2. The van der Waals surface area contributed by atoms with Crippen molar-refractivity contribution in [3.05, 3.63) is 47.0 Å². The Kier molecular flexibility index (Phi) is 4.43. The van der Waals surface area contributed by atoms with Crippen LogP contribution in [0.15, 0.2) is 36.4 Å². The van der Waals surface area contributed by atoms with Crippen LogP contribution in [0.2, 0.25) is 5.02 Å². The molecule has 3 rings (SSSR count). The van der Waals surface area contributed by atoms with E-state index in [1.54, 1.807) is 36.4 Å². The monoisotopic (exact) mass is 358 g/mol. The maximum atomic E-state index is 12.5. The Morgan fingerprint density at radius 1 is 1.16 bits per heavy atom. The summed E-state index contributed by atoms with van der Waals surface area (Å²) in [6, 6.07) is 10.0. The molecular formula is C19H19ClN2O3. The highest BCUT2D eigenvalue weighted by Crippen LogP contribution is 2.38. The first kappa shape index (κ1) is 17.3. The molecule has 2 aromatic carbocycles. The molecule has 5 nitrogen and oxygen atoms in total. The zero-order chi connectivity index (χ0) is 18.2. The molecule has 0 bridgehead atoms. The number of ether oxygens (including phenoxy) is 1. The lowest BCUT2D eigenvalue weighted by Gasteiger charge is -2.17. The molecule has 2 aromatic rings. The van der Waals surface area contributed by atoms with E-state index >= 15 is 0 Å². The molecule has 2 amide bonds. The van der Waals surface area contributed by atoms with Crippen molar-refractivity contribution in [3.8, 4) is 11.5 Å². The predicted octanol–water partition coefficient (Wildman–Crippen LogP) is 5.07. The van der Waals surface area contributed by atoms with Crippen molar-refractivity contribution in [2.45, 2.75) is 27.2 Å². The summed E-state index contributed by atoms with van der Waals surface area (Å²) in [4.78, 5) is 24.6. The van der Waals surface area contributed by atoms with E-state index in [0.29, 0.717) is 39.9 Å². The third kappa shape index (κ3) is 4.12. The van der Waals surface area contributed by atoms with Gasteiger partial charge in [-0.25, -0.2) is 0 Å². The Bertz CT molecular complexity index is 856. The van der Waals surface area contributed by atoms with Gasteiger partial charge in [-0.3, -0.25) is 9.59 Å². The molecule has 1 aliphatic rings. The van der Waals surface area contributed by atoms with E-state index < -0.39 is 0 Å². The summed E-state index contributed by atoms with van der Waals surface area (Å²) in [5, 5.41) is 6.10. The number of hydrogen-bond acceptors (Lipinski definition) is 3. The fourth-order valence-electron chi connectivity index (χ4n) is 2.56. The Morgan fingerprint density at radius 3 is 2.60 bits per heavy atom. The van der Waals surface area contributed by atoms with E-state index in [1.807, 2.05) is 20.8 Å². The predicted molar refractivity (Wildman–Crippen MR) is 98.6 cm³/mol. The highest BCUT2D eigenvalue weighted by Gasteiger charge is 2.22. The van der Waals surface area contributed by atoms with Gasteiger partial charge < -0.3 is 15.4 Å². The second-order valence-corrected chi connectivity index (χ2v) is 7.63. The topological polar surface area (TPSA) is 67.4 Å². The molecule has 2 N–H and O–H groups in total. The van der Waals surface area contributed by atoms with Crippen molar-refractivity contribution in [2.24, 2.45) is 5.41 Å². The van der Waals surface area contributed by atoms with Gasteiger partial charge in [-0.1, -0.05) is 32.4 Å². The molecule has 0 aromatic heterocycles. The van der Waals surface area contributed by atoms with Gasteiger partial charge in [0.2, 0.25) is 5.91 Å². The van der Waals surface area contributed by atoms with Gasteiger partial charge in [0.25, 0.3) is 5.91 Å². The molecule has 0 saturated carbocycles. The molecule has 25 heavy (non-hydrogen) atoms. The third-order valence-corrected chi connectivity index (χ3v) is 3.84. The van der Waals surface area contributed by atoms with Gasteiger partial charge in [0, 0.05) is 17.1 Å². The van der Waals surface area contributed by atoms with E-state index in [-0.39, 0.29) is 17.2 Å². The number of carbonyl (C=O) groups is 2. The van der Waals surface area contributed by atoms with Crippen LogP contribution >= 0.6 is 11.6 Å². The molecule has 1 heterocycles. The Morgan fingerprint density at radius 2 is 1.88 bits per heavy atom. The van der Waals surface area contributed by atoms with Gasteiger partial charge in [0.1, 0.15) is 5.75 Å². The third-order valence-electron chi connectivity index (χ3n) is 3.61. The molecule has 0 unspecified atom stereocenters. The summed E-state index contributed by atoms with van der Waals surface area (Å²) < 4.78 is 5.81. The lowest BCUT2D eigenvalue weighted by molar-refractivity contribution is -0.117. The first-order valence-electron chi connectivity index (χ1n) is 7.94. The standard InChI is InChI=1S/C19H19ClN2O3/c1-19(2,3)10-17(23)21-12-5-7-15-13(9-12)18(24)22-14-8-11(20)4-6-16(14)25-15/h4-9H,10H2,1-3H3,(H,21,23)(H,22,24). The Balaban J connectivity index is 1.86. The van der Waals surface area contributed by atoms with Crippen molar-refractivity contribution in [1.82, 2.24) is 0 Å². The minimum atomic E-state index is -0.317. The number of anilines is 2. The maximum absolute atomic E-state index is 12.5. The summed E-state index contributed by atoms with van der Waals surface area (Å²) in [6.07, 6.45) is 0.386. The lowest BCUT2D eigenvalue weighted by Crippen LogP contribution is -2.20. The van der Waals surface area contributed by atoms with E-state index in [1.165, 1.54) is 0 Å². The maximum Gasteiger partial charge on any atom is 0.259 e. The smallest absolute Gasteiger partial charge is 0.259 e. The SMILES string of the molecule is CC(C)(C)CC(=O)Nc1ccc2c(c1)C(=O)Nc1cc(Cl)ccc1O2. The van der Waals surface area contributed by atoms with E-state index in [0.717, 1.165) is 0 Å². The van der Waals surface area contributed by atoms with Crippen LogP contribution in [0, 0.1) is 5.41 Å². The average Bonchev–Trinajstić information content (AvgIpc) is 2.61. The fourth-order valence-corrected chi connectivity index (χ4v) is 2.73. The number of halogens is 1. The van der Waals surface area contributed by atoms with Crippen LogP contribution in [0.5, 0.6) is 11.5 Å². The van der Waals surface area contributed by atoms with Crippen LogP contribution in [0.4, 0.5) is 11.4 Å². The van der Waals surface area contributed by atoms with Crippen molar-refractivity contribution in [2.75, 3.05) is 10.6 Å². The fraction of sp³-hybridized carbons (Fsp3) is 0.263. The Hall–Kier alpha value is -2.53. The van der Waals surface area contributed by atoms with Crippen LogP contribution in [-0.4, -0.2) is 11.8 Å². The molecule has 0 saturated heterocycles. The zero-order valence-corrected chi connectivity index (χ0v) is 15.0. The number of fused-ring (bicyclic) bond motifs is 2. The van der Waals surface area contributed by atoms with E-state index in [9.17, 15) is 9.59 Å². The number of carbonyl (C=O) groups excluding carboxylic acids is 2. The number of amides is 2. The molecule has 0 fully saturated rings. The normalized spacial score (nSPS) is 13.0. The van der Waals surface area contributed by atoms with Crippen LogP contribution < -0.4 is 15.4 Å². The number of hydrogen-bond donors (Lipinski definition) is 2. The largest absolute Gasteiger partial charge is 0.454 e. The van der Waals surface area contributed by atoms with Gasteiger partial charge in [0.15, 0.2) is 5.75 Å². The van der Waals surface area contributed by atoms with E-state index in [4.69, 9.17) is 16.3 Å². The van der Waals surface area contributed by atoms with Crippen molar-refractivity contribution in [1.29, 1.82) is 0 Å². The second kappa shape index (κ2) is 6.41. The minimum Gasteiger partial charge on any atom is -0.454 e. The van der Waals surface area contributed by atoms with Gasteiger partial charge >= 0.3 is 0 Å². The van der Waals surface area contributed by atoms with Crippen molar-refractivity contribution in [3.63, 3.8) is 0 Å². The summed E-state index contributed by atoms with van der Waals surface area (Å²) in [7, 11) is 0. The highest BCUT2D eigenvalue weighted by atomic mass is 35.5. The average molecular weight is 359 g/mol. The second-order valence-electron chi connectivity index (χ2n) is 7.19. The summed E-state index contributed by atoms with van der Waals surface area (Å²) in [6.45, 7) is 5.98. The first-order chi connectivity index (χ1) is 11.7. The molecule has 0 radical (unpaired) electrons. The van der Waals surface area contributed by atoms with Gasteiger partial charge in [-0.2, -0.15) is 0 Å². The Labute approximate surface area is 151 Å². The molecule has 0 atom stereocenters. The molecule has 0 aliphatic carbocycles. The number of benzene rings is 2. The molecule has 0 spiro atoms. The highest BCUT2D eigenvalue weighted by molar-refractivity contribution is 6.31. The molecular weight excluding hydrogens is 340 g/mol. The van der Waals surface area contributed by atoms with Gasteiger partial charge in [-0.15, -0.1) is 0 Å². The summed E-state index contributed by atoms with van der Waals surface area (Å²) >= 11 is 5.97. The zero-order valence-electron chi connectivity index (χ0n) is 14.3. The van der Waals surface area contributed by atoms with Crippen LogP contribution in [0.25, 0.3) is 0 Å². The quantitative estimate of drug-likeness (QED) is 0.787. The van der Waals surface area contributed by atoms with E-state index in [2.05, 4.69) is 10.6 Å². The minimum absolute atomic E-state index is 0.0996. The molecule has 130 valence electrons. The first-order valence-corrected chi connectivity index (χ1v) is 8.32. The van der Waals surface area contributed by atoms with Crippen LogP contribution in [-0.2, 0) is 4.79 Å². The van der Waals surface area contributed by atoms with Crippen LogP contribution in [0.1, 0.15) is 37.6 Å². The van der Waals surface area contributed by atoms with Gasteiger partial charge in [0.05, 0.1) is 11.3 Å². The van der Waals surface area contributed by atoms with Gasteiger partial charge in [-0.05, 0) is 41.8 Å². The van der Waals surface area contributed by atoms with Crippen molar-refractivity contribution < 1.29 is 14.3 Å². The molecule has 6 heteroatoms. The molecule has 1 aliphatic heterocycles.